The summed E-state index contributed by atoms with van der Waals surface area (Å²) in [6.07, 6.45) is 1.13. The summed E-state index contributed by atoms with van der Waals surface area (Å²) in [5.74, 6) is -0.741. The lowest BCUT2D eigenvalue weighted by atomic mass is 9.91. The van der Waals surface area contributed by atoms with Crippen LogP contribution in [0.4, 0.5) is 5.69 Å². The van der Waals surface area contributed by atoms with Gasteiger partial charge in [-0.2, -0.15) is 0 Å². The molecule has 0 spiro atoms. The summed E-state index contributed by atoms with van der Waals surface area (Å²) in [6.45, 7) is 0. The first-order chi connectivity index (χ1) is 9.51. The minimum atomic E-state index is -0.521. The van der Waals surface area contributed by atoms with Crippen molar-refractivity contribution in [3.63, 3.8) is 0 Å². The molecular formula is C13H14N2O5. The predicted octanol–water partition coefficient (Wildman–Crippen LogP) is 1.20. The number of nitro groups is 1. The first-order valence-electron chi connectivity index (χ1n) is 6.16. The van der Waals surface area contributed by atoms with Gasteiger partial charge in [-0.05, 0) is 24.5 Å². The van der Waals surface area contributed by atoms with Gasteiger partial charge in [-0.15, -0.1) is 0 Å². The maximum Gasteiger partial charge on any atom is 0.311 e. The van der Waals surface area contributed by atoms with Crippen LogP contribution in [-0.2, 0) is 16.0 Å². The minimum Gasteiger partial charge on any atom is -0.490 e. The number of nitrogens with zero attached hydrogens (tertiary/aromatic N) is 1. The van der Waals surface area contributed by atoms with Crippen molar-refractivity contribution in [2.24, 2.45) is 5.92 Å². The summed E-state index contributed by atoms with van der Waals surface area (Å²) in [7, 11) is 1.36. The molecule has 1 aliphatic rings. The minimum absolute atomic E-state index is 0.128. The molecule has 0 bridgehead atoms. The highest BCUT2D eigenvalue weighted by Gasteiger charge is 2.27. The Balaban J connectivity index is 2.17. The zero-order valence-electron chi connectivity index (χ0n) is 10.9. The fourth-order valence-electron chi connectivity index (χ4n) is 2.22. The molecule has 1 atom stereocenters. The second kappa shape index (κ2) is 5.68. The zero-order chi connectivity index (χ0) is 14.7. The van der Waals surface area contributed by atoms with E-state index in [1.54, 1.807) is 6.07 Å². The Hall–Kier alpha value is -2.44. The average Bonchev–Trinajstić information content (AvgIpc) is 2.41. The van der Waals surface area contributed by atoms with E-state index in [1.807, 2.05) is 0 Å². The fraction of sp³-hybridized carbons (Fsp3) is 0.385. The molecule has 1 N–H and O–H groups in total. The van der Waals surface area contributed by atoms with Crippen LogP contribution in [0.5, 0.6) is 5.75 Å². The molecule has 2 rings (SSSR count). The second-order valence-electron chi connectivity index (χ2n) is 4.62. The zero-order valence-corrected chi connectivity index (χ0v) is 10.9. The fourth-order valence-corrected chi connectivity index (χ4v) is 2.22. The monoisotopic (exact) mass is 278 g/mol. The van der Waals surface area contributed by atoms with Gasteiger partial charge in [0.05, 0.1) is 12.0 Å². The number of ether oxygens (including phenoxy) is 1. The van der Waals surface area contributed by atoms with Crippen LogP contribution >= 0.6 is 0 Å². The van der Waals surface area contributed by atoms with Crippen LogP contribution < -0.4 is 10.1 Å². The van der Waals surface area contributed by atoms with Gasteiger partial charge in [0.1, 0.15) is 0 Å². The Labute approximate surface area is 115 Å². The number of hydrogen-bond acceptors (Lipinski definition) is 5. The maximum absolute atomic E-state index is 11.7. The van der Waals surface area contributed by atoms with E-state index >= 15 is 0 Å². The van der Waals surface area contributed by atoms with Gasteiger partial charge in [0, 0.05) is 18.4 Å². The van der Waals surface area contributed by atoms with Gasteiger partial charge in [0.15, 0.2) is 5.75 Å². The molecule has 0 saturated carbocycles. The van der Waals surface area contributed by atoms with E-state index in [9.17, 15) is 19.7 Å². The molecule has 1 aromatic carbocycles. The number of benzene rings is 1. The Kier molecular flexibility index (Phi) is 3.97. The van der Waals surface area contributed by atoms with E-state index in [0.29, 0.717) is 24.8 Å². The van der Waals surface area contributed by atoms with Crippen molar-refractivity contribution < 1.29 is 19.2 Å². The van der Waals surface area contributed by atoms with Crippen LogP contribution in [0.3, 0.4) is 0 Å². The number of nitrogens with one attached hydrogen (secondary N) is 1. The first kappa shape index (κ1) is 14.0. The van der Waals surface area contributed by atoms with Gasteiger partial charge < -0.3 is 4.74 Å². The lowest BCUT2D eigenvalue weighted by Gasteiger charge is -2.20. The third-order valence-corrected chi connectivity index (χ3v) is 3.28. The number of carbonyl (C=O) groups is 2. The summed E-state index contributed by atoms with van der Waals surface area (Å²) in [5, 5.41) is 13.2. The van der Waals surface area contributed by atoms with Crippen molar-refractivity contribution in [2.75, 3.05) is 7.11 Å². The van der Waals surface area contributed by atoms with E-state index in [2.05, 4.69) is 5.32 Å². The highest BCUT2D eigenvalue weighted by molar-refractivity contribution is 5.98. The molecule has 2 amide bonds. The molecule has 106 valence electrons. The van der Waals surface area contributed by atoms with Crippen LogP contribution in [0.25, 0.3) is 0 Å². The standard InChI is InChI=1S/C13H14N2O5/c1-20-11-4-2-8(7-10(11)15(18)19)6-9-3-5-12(16)14-13(9)17/h2,4,7,9H,3,5-6H2,1H3,(H,14,16,17). The van der Waals surface area contributed by atoms with Crippen molar-refractivity contribution in [1.29, 1.82) is 0 Å². The Morgan fingerprint density at radius 1 is 1.45 bits per heavy atom. The molecule has 1 heterocycles. The van der Waals surface area contributed by atoms with Crippen molar-refractivity contribution in [3.8, 4) is 5.75 Å². The summed E-state index contributed by atoms with van der Waals surface area (Å²) < 4.78 is 4.92. The second-order valence-corrected chi connectivity index (χ2v) is 4.62. The summed E-state index contributed by atoms with van der Waals surface area (Å²) >= 11 is 0. The number of piperidine rings is 1. The summed E-state index contributed by atoms with van der Waals surface area (Å²) in [6, 6.07) is 4.61. The summed E-state index contributed by atoms with van der Waals surface area (Å²) in [4.78, 5) is 33.1. The molecule has 20 heavy (non-hydrogen) atoms. The molecule has 7 heteroatoms. The molecule has 1 fully saturated rings. The number of amides is 2. The number of rotatable bonds is 4. The molecule has 0 aliphatic carbocycles. The maximum atomic E-state index is 11.7. The predicted molar refractivity (Wildman–Crippen MR) is 69.2 cm³/mol. The lowest BCUT2D eigenvalue weighted by Crippen LogP contribution is -2.41. The van der Waals surface area contributed by atoms with E-state index in [-0.39, 0.29) is 29.2 Å². The lowest BCUT2D eigenvalue weighted by molar-refractivity contribution is -0.385. The van der Waals surface area contributed by atoms with Crippen LogP contribution in [-0.4, -0.2) is 23.8 Å². The van der Waals surface area contributed by atoms with Crippen molar-refractivity contribution in [2.45, 2.75) is 19.3 Å². The van der Waals surface area contributed by atoms with E-state index in [1.165, 1.54) is 19.2 Å². The molecule has 1 saturated heterocycles. The highest BCUT2D eigenvalue weighted by atomic mass is 16.6. The molecule has 0 radical (unpaired) electrons. The number of hydrogen-bond donors (Lipinski definition) is 1. The molecule has 7 nitrogen and oxygen atoms in total. The Bertz CT molecular complexity index is 570. The molecular weight excluding hydrogens is 264 g/mol. The topological polar surface area (TPSA) is 98.5 Å². The number of carbonyl (C=O) groups excluding carboxylic acids is 2. The van der Waals surface area contributed by atoms with Gasteiger partial charge in [0.2, 0.25) is 11.8 Å². The van der Waals surface area contributed by atoms with Gasteiger partial charge in [0.25, 0.3) is 0 Å². The average molecular weight is 278 g/mol. The van der Waals surface area contributed by atoms with Crippen LogP contribution in [0.15, 0.2) is 18.2 Å². The van der Waals surface area contributed by atoms with Crippen LogP contribution in [0, 0.1) is 16.0 Å². The van der Waals surface area contributed by atoms with Gasteiger partial charge in [-0.3, -0.25) is 25.0 Å². The number of imide groups is 1. The van der Waals surface area contributed by atoms with Gasteiger partial charge in [-0.1, -0.05) is 6.07 Å². The third-order valence-electron chi connectivity index (χ3n) is 3.28. The van der Waals surface area contributed by atoms with E-state index < -0.39 is 4.92 Å². The van der Waals surface area contributed by atoms with Crippen molar-refractivity contribution >= 4 is 17.5 Å². The van der Waals surface area contributed by atoms with Crippen molar-refractivity contribution in [3.05, 3.63) is 33.9 Å². The Morgan fingerprint density at radius 3 is 2.80 bits per heavy atom. The van der Waals surface area contributed by atoms with Crippen LogP contribution in [0.2, 0.25) is 0 Å². The van der Waals surface area contributed by atoms with Crippen molar-refractivity contribution in [1.82, 2.24) is 5.32 Å². The van der Waals surface area contributed by atoms with E-state index in [0.717, 1.165) is 0 Å². The molecule has 1 unspecified atom stereocenters. The molecule has 1 aromatic rings. The largest absolute Gasteiger partial charge is 0.490 e. The summed E-state index contributed by atoms with van der Waals surface area (Å²) in [5.41, 5.74) is 0.546. The van der Waals surface area contributed by atoms with Gasteiger partial charge in [-0.25, -0.2) is 0 Å². The normalized spacial score (nSPS) is 18.6. The third kappa shape index (κ3) is 2.93. The van der Waals surface area contributed by atoms with Gasteiger partial charge >= 0.3 is 5.69 Å². The highest BCUT2D eigenvalue weighted by Crippen LogP contribution is 2.29. The van der Waals surface area contributed by atoms with Crippen LogP contribution in [0.1, 0.15) is 18.4 Å². The smallest absolute Gasteiger partial charge is 0.311 e. The quantitative estimate of drug-likeness (QED) is 0.507. The molecule has 0 aromatic heterocycles. The first-order valence-corrected chi connectivity index (χ1v) is 6.16. The number of methoxy groups -OCH3 is 1. The number of nitro benzene ring substituents is 1. The van der Waals surface area contributed by atoms with E-state index in [4.69, 9.17) is 4.74 Å². The SMILES string of the molecule is COc1ccc(CC2CCC(=O)NC2=O)cc1[N+](=O)[O-]. The molecule has 1 aliphatic heterocycles. The Morgan fingerprint density at radius 2 is 2.20 bits per heavy atom.